The van der Waals surface area contributed by atoms with Crippen LogP contribution in [0.5, 0.6) is 0 Å². The molecule has 0 amide bonds. The van der Waals surface area contributed by atoms with Crippen molar-refractivity contribution in [1.82, 2.24) is 0 Å². The van der Waals surface area contributed by atoms with Crippen molar-refractivity contribution in [3.63, 3.8) is 0 Å². The van der Waals surface area contributed by atoms with Gasteiger partial charge in [-0.3, -0.25) is 0 Å². The molecule has 0 radical (unpaired) electrons. The average molecular weight is 1500 g/mol. The van der Waals surface area contributed by atoms with Gasteiger partial charge in [0.1, 0.15) is 0 Å². The molecular formula is C48H94Hf4Si4-6. The predicted octanol–water partition coefficient (Wildman–Crippen LogP) is 13.9. The first-order chi connectivity index (χ1) is 23.1. The zero-order chi connectivity index (χ0) is 41.5. The van der Waals surface area contributed by atoms with E-state index in [-0.39, 0.29) is 118 Å². The summed E-state index contributed by atoms with van der Waals surface area (Å²) in [5.41, 5.74) is 24.5. The van der Waals surface area contributed by atoms with Gasteiger partial charge in [-0.1, -0.05) is 189 Å². The first-order valence-corrected chi connectivity index (χ1v) is 34.0. The van der Waals surface area contributed by atoms with Gasteiger partial charge in [0.15, 0.2) is 0 Å². The summed E-state index contributed by atoms with van der Waals surface area (Å²) in [7, 11) is -4.53. The van der Waals surface area contributed by atoms with E-state index in [1.807, 2.05) is 0 Å². The van der Waals surface area contributed by atoms with E-state index >= 15 is 0 Å². The van der Waals surface area contributed by atoms with E-state index in [4.69, 9.17) is 0 Å². The van der Waals surface area contributed by atoms with Crippen molar-refractivity contribution in [1.29, 1.82) is 0 Å². The fraction of sp³-hybridized carbons (Fsp3) is 0.583. The Morgan fingerprint density at radius 1 is 0.304 bits per heavy atom. The molecule has 0 heterocycles. The molecule has 0 fully saturated rings. The van der Waals surface area contributed by atoms with Crippen LogP contribution in [0.1, 0.15) is 103 Å². The summed E-state index contributed by atoms with van der Waals surface area (Å²) < 4.78 is 0. The van der Waals surface area contributed by atoms with Gasteiger partial charge >= 0.3 is 51.7 Å². The SMILES string of the molecule is Cc1c(C)c(C)[c-]([Si](C)(C)C)c1C.Cc1c(C)c(C)[c-]([Si](C)(C)C)c1C.Cc1c(C)c([Si](C)(C)C)[c-](C)c1C.Cc1c(C)c([Si](C)(C)C)[c-](C)c1C.[H-].[H-].[H-].[H-].[H-].[H-].[H-].[H-].[H-].[H-].[Hf+4].[Hf+4].[Hf].[Hf]. The summed E-state index contributed by atoms with van der Waals surface area (Å²) in [6, 6.07) is 0. The van der Waals surface area contributed by atoms with E-state index in [0.29, 0.717) is 0 Å². The molecule has 0 nitrogen and oxygen atoms in total. The van der Waals surface area contributed by atoms with Gasteiger partial charge in [0, 0.05) is 67.8 Å². The second-order valence-electron chi connectivity index (χ2n) is 20.5. The smallest absolute Gasteiger partial charge is 1.00 e. The maximum Gasteiger partial charge on any atom is 4.00 e. The van der Waals surface area contributed by atoms with E-state index in [2.05, 4.69) is 189 Å². The fourth-order valence-corrected chi connectivity index (χ4v) is 19.9. The third kappa shape index (κ3) is 14.9. The number of hydrogen-bond donors (Lipinski definition) is 0. The van der Waals surface area contributed by atoms with E-state index in [0.717, 1.165) is 0 Å². The van der Waals surface area contributed by atoms with Crippen LogP contribution in [0.2, 0.25) is 78.6 Å². The molecular weight excluding hydrogens is 1400 g/mol. The van der Waals surface area contributed by atoms with Gasteiger partial charge in [0.25, 0.3) is 0 Å². The summed E-state index contributed by atoms with van der Waals surface area (Å²) in [4.78, 5) is 0. The minimum atomic E-state index is -1.13. The fourth-order valence-electron chi connectivity index (χ4n) is 9.38. The minimum absolute atomic E-state index is 0. The van der Waals surface area contributed by atoms with Crippen LogP contribution < -0.4 is 20.7 Å². The standard InChI is InChI=1S/4C12H21Si.4Hf.10H/c4*1-8-9(2)11(4)12(10(8)3)13(5,6)7;;;;;;;;;;;;;;/h4*1-7H3;;;;;;;;;;;;;;/q4*-1;;;2*+4;10*-1. The molecule has 0 spiro atoms. The Morgan fingerprint density at radius 2 is 0.464 bits per heavy atom. The molecule has 4 rings (SSSR count). The van der Waals surface area contributed by atoms with Crippen LogP contribution in [0.4, 0.5) is 0 Å². The average Bonchev–Trinajstić information content (AvgIpc) is 3.48. The quantitative estimate of drug-likeness (QED) is 0.141. The van der Waals surface area contributed by atoms with E-state index in [1.54, 1.807) is 65.3 Å². The maximum atomic E-state index is 2.43. The number of hydrogen-bond acceptors (Lipinski definition) is 0. The molecule has 56 heavy (non-hydrogen) atoms. The molecule has 0 N–H and O–H groups in total. The van der Waals surface area contributed by atoms with Crippen molar-refractivity contribution in [2.24, 2.45) is 0 Å². The third-order valence-corrected chi connectivity index (χ3v) is 21.8. The van der Waals surface area contributed by atoms with Crippen molar-refractivity contribution in [2.45, 2.75) is 189 Å². The summed E-state index contributed by atoms with van der Waals surface area (Å²) in [5, 5.41) is 6.73. The second kappa shape index (κ2) is 24.0. The Bertz CT molecular complexity index is 1530. The van der Waals surface area contributed by atoms with Crippen LogP contribution in [-0.2, 0) is 103 Å². The maximum absolute atomic E-state index is 2.43. The zero-order valence-corrected chi connectivity index (χ0v) is 60.4. The van der Waals surface area contributed by atoms with Crippen LogP contribution in [0, 0.1) is 111 Å². The van der Waals surface area contributed by atoms with Crippen LogP contribution in [0.25, 0.3) is 0 Å². The summed E-state index contributed by atoms with van der Waals surface area (Å²) >= 11 is 0. The molecule has 0 aliphatic carbocycles. The summed E-state index contributed by atoms with van der Waals surface area (Å²) in [6.45, 7) is 65.4. The van der Waals surface area contributed by atoms with Crippen molar-refractivity contribution < 1.29 is 118 Å². The second-order valence-corrected chi connectivity index (χ2v) is 40.5. The normalized spacial score (nSPS) is 11.4. The number of rotatable bonds is 4. The van der Waals surface area contributed by atoms with Crippen molar-refractivity contribution in [2.75, 3.05) is 0 Å². The topological polar surface area (TPSA) is 0 Å². The third-order valence-electron chi connectivity index (χ3n) is 12.8. The van der Waals surface area contributed by atoms with Gasteiger partial charge in [-0.05, 0) is 0 Å². The van der Waals surface area contributed by atoms with Crippen LogP contribution in [-0.4, -0.2) is 32.3 Å². The van der Waals surface area contributed by atoms with Gasteiger partial charge in [0.2, 0.25) is 0 Å². The molecule has 324 valence electrons. The van der Waals surface area contributed by atoms with E-state index in [9.17, 15) is 0 Å². The Hall–Kier alpha value is 1.75. The summed E-state index contributed by atoms with van der Waals surface area (Å²) in [6.07, 6.45) is 0. The van der Waals surface area contributed by atoms with Crippen molar-refractivity contribution in [3.8, 4) is 0 Å². The van der Waals surface area contributed by atoms with Gasteiger partial charge < -0.3 is 14.3 Å². The Morgan fingerprint density at radius 3 is 0.536 bits per heavy atom. The Kier molecular flexibility index (Phi) is 27.6. The molecule has 0 aliphatic heterocycles. The molecule has 0 saturated carbocycles. The van der Waals surface area contributed by atoms with Crippen molar-refractivity contribution >= 4 is 53.0 Å². The molecule has 4 aromatic carbocycles. The Balaban J connectivity index is -0.0000000425. The van der Waals surface area contributed by atoms with Crippen LogP contribution >= 0.6 is 0 Å². The molecule has 0 aromatic heterocycles. The first kappa shape index (κ1) is 64.4. The minimum Gasteiger partial charge on any atom is -1.00 e. The van der Waals surface area contributed by atoms with Crippen LogP contribution in [0.15, 0.2) is 0 Å². The molecule has 0 atom stereocenters. The van der Waals surface area contributed by atoms with E-state index in [1.165, 1.54) is 44.5 Å². The molecule has 4 aromatic rings. The van der Waals surface area contributed by atoms with E-state index < -0.39 is 32.3 Å². The predicted molar refractivity (Wildman–Crippen MR) is 267 cm³/mol. The largest absolute Gasteiger partial charge is 4.00 e. The van der Waals surface area contributed by atoms with Gasteiger partial charge in [0.05, 0.1) is 16.1 Å². The molecule has 0 aliphatic rings. The molecule has 0 bridgehead atoms. The van der Waals surface area contributed by atoms with Gasteiger partial charge in [-0.15, -0.1) is 0 Å². The molecule has 0 unspecified atom stereocenters. The zero-order valence-electron chi connectivity index (χ0n) is 52.0. The van der Waals surface area contributed by atoms with Gasteiger partial charge in [-0.25, -0.2) is 0 Å². The van der Waals surface area contributed by atoms with Gasteiger partial charge in [-0.2, -0.15) is 110 Å². The molecule has 0 saturated heterocycles. The summed E-state index contributed by atoms with van der Waals surface area (Å²) in [5.74, 6) is 0. The van der Waals surface area contributed by atoms with Crippen LogP contribution in [0.3, 0.4) is 0 Å². The first-order valence-electron chi connectivity index (χ1n) is 20.0. The molecule has 8 heteroatoms. The monoisotopic (exact) mass is 1500 g/mol. The van der Waals surface area contributed by atoms with Crippen molar-refractivity contribution in [3.05, 3.63) is 89.0 Å². The Labute approximate surface area is 444 Å².